The molecule has 7 heteroatoms. The number of ether oxygens (including phenoxy) is 1. The smallest absolute Gasteiger partial charge is 0.349 e. The van der Waals surface area contributed by atoms with E-state index < -0.39 is 5.63 Å². The largest absolute Gasteiger partial charge is 0.422 e. The van der Waals surface area contributed by atoms with E-state index in [1.807, 2.05) is 12.1 Å². The summed E-state index contributed by atoms with van der Waals surface area (Å²) < 4.78 is 11.0. The number of amides is 1. The summed E-state index contributed by atoms with van der Waals surface area (Å²) in [7, 11) is 0. The van der Waals surface area contributed by atoms with Crippen molar-refractivity contribution < 1.29 is 13.9 Å². The molecule has 3 aromatic rings. The lowest BCUT2D eigenvalue weighted by Crippen LogP contribution is -2.38. The Labute approximate surface area is 166 Å². The average molecular weight is 399 g/mol. The van der Waals surface area contributed by atoms with Gasteiger partial charge in [-0.15, -0.1) is 0 Å². The lowest BCUT2D eigenvalue weighted by atomic mass is 10.1. The van der Waals surface area contributed by atoms with E-state index in [2.05, 4.69) is 4.98 Å². The summed E-state index contributed by atoms with van der Waals surface area (Å²) in [4.78, 5) is 31.4. The summed E-state index contributed by atoms with van der Waals surface area (Å²) in [5.74, 6) is -0.386. The van der Waals surface area contributed by atoms with E-state index in [0.717, 1.165) is 18.4 Å². The second-order valence-electron chi connectivity index (χ2n) is 6.81. The maximum atomic E-state index is 13.2. The molecule has 1 aromatic carbocycles. The molecule has 0 bridgehead atoms. The van der Waals surface area contributed by atoms with Crippen LogP contribution in [-0.2, 0) is 11.3 Å². The molecule has 0 N–H and O–H groups in total. The first-order chi connectivity index (χ1) is 13.6. The van der Waals surface area contributed by atoms with E-state index >= 15 is 0 Å². The van der Waals surface area contributed by atoms with Crippen molar-refractivity contribution in [3.8, 4) is 0 Å². The Morgan fingerprint density at radius 3 is 2.79 bits per heavy atom. The number of hydrogen-bond donors (Lipinski definition) is 0. The Balaban J connectivity index is 1.68. The molecule has 1 unspecified atom stereocenters. The lowest BCUT2D eigenvalue weighted by molar-refractivity contribution is 0.0504. The molecule has 0 saturated carbocycles. The number of halogens is 1. The van der Waals surface area contributed by atoms with Crippen LogP contribution in [0.5, 0.6) is 0 Å². The highest BCUT2D eigenvalue weighted by Gasteiger charge is 2.26. The van der Waals surface area contributed by atoms with E-state index in [-0.39, 0.29) is 17.6 Å². The van der Waals surface area contributed by atoms with Crippen LogP contribution in [0.15, 0.2) is 58.0 Å². The van der Waals surface area contributed by atoms with Crippen LogP contribution in [-0.4, -0.2) is 35.0 Å². The third-order valence-electron chi connectivity index (χ3n) is 4.78. The summed E-state index contributed by atoms with van der Waals surface area (Å²) in [6, 6.07) is 10.2. The summed E-state index contributed by atoms with van der Waals surface area (Å²) in [6.07, 6.45) is 5.18. The SMILES string of the molecule is O=C(c1cc2cc(Cl)ccc2oc1=O)N(Cc1ccncc1)CC1CCCO1. The topological polar surface area (TPSA) is 72.6 Å². The molecule has 0 aliphatic carbocycles. The molecule has 0 radical (unpaired) electrons. The van der Waals surface area contributed by atoms with E-state index in [1.54, 1.807) is 41.6 Å². The molecule has 6 nitrogen and oxygen atoms in total. The quantitative estimate of drug-likeness (QED) is 0.613. The van der Waals surface area contributed by atoms with Crippen molar-refractivity contribution in [2.45, 2.75) is 25.5 Å². The highest BCUT2D eigenvalue weighted by atomic mass is 35.5. The monoisotopic (exact) mass is 398 g/mol. The van der Waals surface area contributed by atoms with Gasteiger partial charge in [-0.2, -0.15) is 0 Å². The first-order valence-electron chi connectivity index (χ1n) is 9.13. The molecule has 0 spiro atoms. The number of pyridine rings is 1. The molecular formula is C21H19ClN2O4. The second-order valence-corrected chi connectivity index (χ2v) is 7.24. The Hall–Kier alpha value is -2.70. The molecule has 1 amide bonds. The molecular weight excluding hydrogens is 380 g/mol. The van der Waals surface area contributed by atoms with Gasteiger partial charge in [0.25, 0.3) is 5.91 Å². The van der Waals surface area contributed by atoms with E-state index in [0.29, 0.717) is 35.7 Å². The second kappa shape index (κ2) is 8.12. The Morgan fingerprint density at radius 1 is 1.21 bits per heavy atom. The van der Waals surface area contributed by atoms with Gasteiger partial charge in [0.1, 0.15) is 11.1 Å². The molecule has 3 heterocycles. The molecule has 144 valence electrons. The van der Waals surface area contributed by atoms with Gasteiger partial charge in [-0.05, 0) is 54.8 Å². The number of rotatable bonds is 5. The fraction of sp³-hybridized carbons (Fsp3) is 0.286. The van der Waals surface area contributed by atoms with Gasteiger partial charge < -0.3 is 14.1 Å². The molecule has 1 aliphatic heterocycles. The fourth-order valence-corrected chi connectivity index (χ4v) is 3.56. The van der Waals surface area contributed by atoms with Crippen LogP contribution in [0.1, 0.15) is 28.8 Å². The molecule has 1 atom stereocenters. The van der Waals surface area contributed by atoms with Crippen molar-refractivity contribution in [2.75, 3.05) is 13.2 Å². The van der Waals surface area contributed by atoms with E-state index in [4.69, 9.17) is 20.8 Å². The minimum absolute atomic E-state index is 0.0122. The van der Waals surface area contributed by atoms with Gasteiger partial charge in [-0.1, -0.05) is 11.6 Å². The summed E-state index contributed by atoms with van der Waals surface area (Å²) in [6.45, 7) is 1.46. The maximum absolute atomic E-state index is 13.2. The standard InChI is InChI=1S/C21H19ClN2O4/c22-16-3-4-19-15(10-16)11-18(21(26)28-19)20(25)24(13-17-2-1-9-27-17)12-14-5-7-23-8-6-14/h3-8,10-11,17H,1-2,9,12-13H2. The fourth-order valence-electron chi connectivity index (χ4n) is 3.38. The van der Waals surface area contributed by atoms with Crippen LogP contribution in [0.25, 0.3) is 11.0 Å². The van der Waals surface area contributed by atoms with Crippen LogP contribution in [0.2, 0.25) is 5.02 Å². The molecule has 28 heavy (non-hydrogen) atoms. The zero-order chi connectivity index (χ0) is 19.5. The van der Waals surface area contributed by atoms with Crippen LogP contribution >= 0.6 is 11.6 Å². The van der Waals surface area contributed by atoms with Gasteiger partial charge in [0, 0.05) is 42.5 Å². The van der Waals surface area contributed by atoms with Crippen LogP contribution < -0.4 is 5.63 Å². The summed E-state index contributed by atoms with van der Waals surface area (Å²) in [5.41, 5.74) is 0.647. The van der Waals surface area contributed by atoms with Crippen LogP contribution in [0.4, 0.5) is 0 Å². The van der Waals surface area contributed by atoms with Crippen molar-refractivity contribution in [3.05, 3.63) is 75.4 Å². The minimum Gasteiger partial charge on any atom is -0.422 e. The van der Waals surface area contributed by atoms with Gasteiger partial charge >= 0.3 is 5.63 Å². The van der Waals surface area contributed by atoms with Crippen molar-refractivity contribution in [1.29, 1.82) is 0 Å². The Kier molecular flexibility index (Phi) is 5.41. The van der Waals surface area contributed by atoms with Gasteiger partial charge in [-0.3, -0.25) is 9.78 Å². The number of carbonyl (C=O) groups excluding carboxylic acids is 1. The third-order valence-corrected chi connectivity index (χ3v) is 5.02. The number of aromatic nitrogens is 1. The van der Waals surface area contributed by atoms with Gasteiger partial charge in [0.2, 0.25) is 0 Å². The normalized spacial score (nSPS) is 16.4. The molecule has 2 aromatic heterocycles. The highest BCUT2D eigenvalue weighted by Crippen LogP contribution is 2.21. The zero-order valence-corrected chi connectivity index (χ0v) is 15.9. The minimum atomic E-state index is -0.660. The maximum Gasteiger partial charge on any atom is 0.349 e. The molecule has 4 rings (SSSR count). The molecule has 1 saturated heterocycles. The number of carbonyl (C=O) groups is 1. The summed E-state index contributed by atoms with van der Waals surface area (Å²) in [5, 5.41) is 1.11. The van der Waals surface area contributed by atoms with Gasteiger partial charge in [-0.25, -0.2) is 4.79 Å². The summed E-state index contributed by atoms with van der Waals surface area (Å²) >= 11 is 6.04. The number of benzene rings is 1. The predicted octanol–water partition coefficient (Wildman–Crippen LogP) is 3.66. The molecule has 1 fully saturated rings. The highest BCUT2D eigenvalue weighted by molar-refractivity contribution is 6.31. The van der Waals surface area contributed by atoms with E-state index in [9.17, 15) is 9.59 Å². The first kappa shape index (κ1) is 18.7. The van der Waals surface area contributed by atoms with Crippen molar-refractivity contribution in [3.63, 3.8) is 0 Å². The van der Waals surface area contributed by atoms with Crippen molar-refractivity contribution in [1.82, 2.24) is 9.88 Å². The number of fused-ring (bicyclic) bond motifs is 1. The number of hydrogen-bond acceptors (Lipinski definition) is 5. The van der Waals surface area contributed by atoms with Crippen LogP contribution in [0.3, 0.4) is 0 Å². The van der Waals surface area contributed by atoms with Gasteiger partial charge in [0.15, 0.2) is 0 Å². The molecule has 1 aliphatic rings. The van der Waals surface area contributed by atoms with Gasteiger partial charge in [0.05, 0.1) is 6.10 Å². The van der Waals surface area contributed by atoms with Crippen LogP contribution in [0, 0.1) is 0 Å². The Morgan fingerprint density at radius 2 is 2.04 bits per heavy atom. The Bertz CT molecular complexity index is 1050. The average Bonchev–Trinajstić information content (AvgIpc) is 3.21. The predicted molar refractivity (Wildman–Crippen MR) is 105 cm³/mol. The lowest BCUT2D eigenvalue weighted by Gasteiger charge is -2.25. The van der Waals surface area contributed by atoms with Crippen molar-refractivity contribution >= 4 is 28.5 Å². The first-order valence-corrected chi connectivity index (χ1v) is 9.51. The zero-order valence-electron chi connectivity index (χ0n) is 15.1. The third kappa shape index (κ3) is 4.08. The van der Waals surface area contributed by atoms with E-state index in [1.165, 1.54) is 0 Å². The van der Waals surface area contributed by atoms with Crippen molar-refractivity contribution in [2.24, 2.45) is 0 Å². The number of nitrogens with zero attached hydrogens (tertiary/aromatic N) is 2.